The Morgan fingerprint density at radius 3 is 2.05 bits per heavy atom. The van der Waals surface area contributed by atoms with Gasteiger partial charge in [-0.05, 0) is 35.4 Å². The van der Waals surface area contributed by atoms with Gasteiger partial charge in [0.15, 0.2) is 0 Å². The van der Waals surface area contributed by atoms with Crippen LogP contribution in [0.1, 0.15) is 24.3 Å². The topological polar surface area (TPSA) is 37.3 Å². The number of carboxylic acid groups (broad SMARTS) is 1. The molecule has 2 aromatic carbocycles. The quantitative estimate of drug-likeness (QED) is 0.898. The van der Waals surface area contributed by atoms with E-state index in [1.54, 1.807) is 0 Å². The maximum Gasteiger partial charge on any atom is 0.307 e. The highest BCUT2D eigenvalue weighted by Crippen LogP contribution is 2.42. The zero-order valence-corrected chi connectivity index (χ0v) is 10.6. The third-order valence-electron chi connectivity index (χ3n) is 4.04. The summed E-state index contributed by atoms with van der Waals surface area (Å²) in [6, 6.07) is 18.5. The van der Waals surface area contributed by atoms with E-state index < -0.39 is 5.97 Å². The Morgan fingerprint density at radius 2 is 1.53 bits per heavy atom. The van der Waals surface area contributed by atoms with Gasteiger partial charge in [-0.2, -0.15) is 0 Å². The first-order valence-electron chi connectivity index (χ1n) is 6.64. The molecule has 2 heteroatoms. The largest absolute Gasteiger partial charge is 0.481 e. The fraction of sp³-hybridized carbons (Fsp3) is 0.235. The van der Waals surface area contributed by atoms with Crippen LogP contribution in [0.2, 0.25) is 0 Å². The fourth-order valence-electron chi connectivity index (χ4n) is 2.75. The van der Waals surface area contributed by atoms with Gasteiger partial charge in [0.25, 0.3) is 0 Å². The summed E-state index contributed by atoms with van der Waals surface area (Å²) in [5, 5.41) is 9.10. The van der Waals surface area contributed by atoms with E-state index in [0.717, 1.165) is 18.4 Å². The van der Waals surface area contributed by atoms with E-state index in [2.05, 4.69) is 36.4 Å². The Bertz CT molecular complexity index is 572. The van der Waals surface area contributed by atoms with Crippen LogP contribution in [-0.4, -0.2) is 11.1 Å². The summed E-state index contributed by atoms with van der Waals surface area (Å²) in [4.78, 5) is 11.1. The Morgan fingerprint density at radius 1 is 0.895 bits per heavy atom. The lowest BCUT2D eigenvalue weighted by molar-refractivity contribution is -0.145. The van der Waals surface area contributed by atoms with Gasteiger partial charge in [-0.3, -0.25) is 4.79 Å². The normalized spacial score (nSPS) is 21.7. The average Bonchev–Trinajstić information content (AvgIpc) is 2.39. The van der Waals surface area contributed by atoms with Crippen LogP contribution in [0.5, 0.6) is 0 Å². The third-order valence-corrected chi connectivity index (χ3v) is 4.04. The Labute approximate surface area is 112 Å². The molecule has 0 saturated heterocycles. The summed E-state index contributed by atoms with van der Waals surface area (Å²) >= 11 is 0. The molecule has 96 valence electrons. The van der Waals surface area contributed by atoms with Crippen molar-refractivity contribution in [1.29, 1.82) is 0 Å². The molecule has 1 N–H and O–H groups in total. The number of benzene rings is 2. The molecule has 0 aliphatic heterocycles. The van der Waals surface area contributed by atoms with Crippen LogP contribution in [-0.2, 0) is 4.79 Å². The maximum atomic E-state index is 11.1. The van der Waals surface area contributed by atoms with Gasteiger partial charge in [-0.25, -0.2) is 0 Å². The second-order valence-corrected chi connectivity index (χ2v) is 5.12. The van der Waals surface area contributed by atoms with Crippen molar-refractivity contribution in [1.82, 2.24) is 0 Å². The lowest BCUT2D eigenvalue weighted by atomic mass is 9.70. The molecule has 3 rings (SSSR count). The van der Waals surface area contributed by atoms with Crippen molar-refractivity contribution in [3.05, 3.63) is 60.2 Å². The summed E-state index contributed by atoms with van der Waals surface area (Å²) < 4.78 is 0. The van der Waals surface area contributed by atoms with Gasteiger partial charge in [0, 0.05) is 0 Å². The van der Waals surface area contributed by atoms with Gasteiger partial charge in [0.05, 0.1) is 5.92 Å². The molecule has 1 fully saturated rings. The number of carboxylic acids is 1. The number of hydrogen-bond donors (Lipinski definition) is 1. The monoisotopic (exact) mass is 252 g/mol. The van der Waals surface area contributed by atoms with E-state index >= 15 is 0 Å². The van der Waals surface area contributed by atoms with Crippen LogP contribution >= 0.6 is 0 Å². The zero-order chi connectivity index (χ0) is 13.2. The van der Waals surface area contributed by atoms with Crippen molar-refractivity contribution in [2.24, 2.45) is 5.92 Å². The summed E-state index contributed by atoms with van der Waals surface area (Å²) in [6.07, 6.45) is 1.79. The van der Waals surface area contributed by atoms with Gasteiger partial charge < -0.3 is 5.11 Å². The van der Waals surface area contributed by atoms with Crippen LogP contribution in [0.15, 0.2) is 54.6 Å². The smallest absolute Gasteiger partial charge is 0.307 e. The number of hydrogen-bond acceptors (Lipinski definition) is 1. The molecule has 2 nitrogen and oxygen atoms in total. The Balaban J connectivity index is 1.82. The molecule has 0 radical (unpaired) electrons. The van der Waals surface area contributed by atoms with E-state index in [1.165, 1.54) is 11.1 Å². The first kappa shape index (κ1) is 12.0. The number of rotatable bonds is 3. The van der Waals surface area contributed by atoms with Gasteiger partial charge in [0.1, 0.15) is 0 Å². The van der Waals surface area contributed by atoms with Crippen LogP contribution in [0.25, 0.3) is 11.1 Å². The van der Waals surface area contributed by atoms with E-state index in [9.17, 15) is 4.79 Å². The first-order valence-corrected chi connectivity index (χ1v) is 6.64. The van der Waals surface area contributed by atoms with Crippen molar-refractivity contribution < 1.29 is 9.90 Å². The zero-order valence-electron chi connectivity index (χ0n) is 10.6. The molecular formula is C17H16O2. The van der Waals surface area contributed by atoms with Crippen LogP contribution in [0.3, 0.4) is 0 Å². The molecule has 0 aromatic heterocycles. The fourth-order valence-corrected chi connectivity index (χ4v) is 2.75. The van der Waals surface area contributed by atoms with E-state index in [1.807, 2.05) is 18.2 Å². The molecule has 1 saturated carbocycles. The highest BCUT2D eigenvalue weighted by atomic mass is 16.4. The van der Waals surface area contributed by atoms with Gasteiger partial charge in [0.2, 0.25) is 0 Å². The summed E-state index contributed by atoms with van der Waals surface area (Å²) in [6.45, 7) is 0. The standard InChI is InChI=1S/C17H16O2/c18-17(19)16-11-10-15(16)14-8-6-13(7-9-14)12-4-2-1-3-5-12/h1-9,15-16H,10-11H2,(H,18,19). The van der Waals surface area contributed by atoms with Crippen molar-refractivity contribution in [3.8, 4) is 11.1 Å². The summed E-state index contributed by atoms with van der Waals surface area (Å²) in [5.41, 5.74) is 3.52. The number of carbonyl (C=O) groups is 1. The molecule has 0 heterocycles. The minimum absolute atomic E-state index is 0.192. The lowest BCUT2D eigenvalue weighted by Crippen LogP contribution is -2.30. The van der Waals surface area contributed by atoms with E-state index in [4.69, 9.17) is 5.11 Å². The Hall–Kier alpha value is -2.09. The van der Waals surface area contributed by atoms with Gasteiger partial charge in [-0.15, -0.1) is 0 Å². The maximum absolute atomic E-state index is 11.1. The molecule has 2 atom stereocenters. The van der Waals surface area contributed by atoms with Gasteiger partial charge in [-0.1, -0.05) is 54.6 Å². The lowest BCUT2D eigenvalue weighted by Gasteiger charge is -2.33. The minimum atomic E-state index is -0.664. The van der Waals surface area contributed by atoms with Gasteiger partial charge >= 0.3 is 5.97 Å². The molecule has 2 aromatic rings. The van der Waals surface area contributed by atoms with Crippen LogP contribution in [0, 0.1) is 5.92 Å². The minimum Gasteiger partial charge on any atom is -0.481 e. The highest BCUT2D eigenvalue weighted by molar-refractivity contribution is 5.73. The molecule has 0 spiro atoms. The predicted molar refractivity (Wildman–Crippen MR) is 75.0 cm³/mol. The third kappa shape index (κ3) is 2.26. The SMILES string of the molecule is O=C(O)C1CCC1c1ccc(-c2ccccc2)cc1. The predicted octanol–water partition coefficient (Wildman–Crippen LogP) is 3.93. The summed E-state index contributed by atoms with van der Waals surface area (Å²) in [5.74, 6) is -0.659. The average molecular weight is 252 g/mol. The molecule has 1 aliphatic rings. The first-order chi connectivity index (χ1) is 9.25. The summed E-state index contributed by atoms with van der Waals surface area (Å²) in [7, 11) is 0. The molecule has 19 heavy (non-hydrogen) atoms. The molecule has 2 unspecified atom stereocenters. The van der Waals surface area contributed by atoms with E-state index in [-0.39, 0.29) is 11.8 Å². The molecular weight excluding hydrogens is 236 g/mol. The van der Waals surface area contributed by atoms with Crippen molar-refractivity contribution in [2.45, 2.75) is 18.8 Å². The molecule has 1 aliphatic carbocycles. The second-order valence-electron chi connectivity index (χ2n) is 5.12. The van der Waals surface area contributed by atoms with Crippen molar-refractivity contribution >= 4 is 5.97 Å². The second kappa shape index (κ2) is 4.88. The molecule has 0 amide bonds. The van der Waals surface area contributed by atoms with Crippen molar-refractivity contribution in [3.63, 3.8) is 0 Å². The van der Waals surface area contributed by atoms with Crippen LogP contribution in [0.4, 0.5) is 0 Å². The van der Waals surface area contributed by atoms with Crippen molar-refractivity contribution in [2.75, 3.05) is 0 Å². The Kier molecular flexibility index (Phi) is 3.08. The van der Waals surface area contributed by atoms with E-state index in [0.29, 0.717) is 0 Å². The number of aliphatic carboxylic acids is 1. The van der Waals surface area contributed by atoms with Crippen LogP contribution < -0.4 is 0 Å². The molecule has 0 bridgehead atoms. The highest BCUT2D eigenvalue weighted by Gasteiger charge is 2.37.